The molecule has 0 bridgehead atoms. The van der Waals surface area contributed by atoms with E-state index in [0.29, 0.717) is 13.2 Å². The highest BCUT2D eigenvalue weighted by Crippen LogP contribution is 2.29. The van der Waals surface area contributed by atoms with Crippen LogP contribution in [0.3, 0.4) is 0 Å². The fourth-order valence-electron chi connectivity index (χ4n) is 4.13. The maximum Gasteiger partial charge on any atom is 0.416 e. The number of amides is 2. The molecule has 2 aromatic carbocycles. The van der Waals surface area contributed by atoms with E-state index in [9.17, 15) is 27.2 Å². The Morgan fingerprint density at radius 3 is 2.30 bits per heavy atom. The highest BCUT2D eigenvalue weighted by atomic mass is 32.1. The first-order valence-electron chi connectivity index (χ1n) is 11.8. The lowest BCUT2D eigenvalue weighted by Gasteiger charge is -2.29. The smallest absolute Gasteiger partial charge is 0.376 e. The first-order valence-corrected chi connectivity index (χ1v) is 12.7. The molecule has 0 aliphatic carbocycles. The van der Waals surface area contributed by atoms with Gasteiger partial charge in [0.15, 0.2) is 0 Å². The average Bonchev–Trinajstić information content (AvgIpc) is 3.58. The molecule has 37 heavy (non-hydrogen) atoms. The number of hydrogen-bond acceptors (Lipinski definition) is 4. The number of rotatable bonds is 9. The van der Waals surface area contributed by atoms with Crippen molar-refractivity contribution in [3.05, 3.63) is 93.4 Å². The van der Waals surface area contributed by atoms with Gasteiger partial charge in [-0.3, -0.25) is 9.59 Å². The van der Waals surface area contributed by atoms with Gasteiger partial charge in [-0.2, -0.15) is 13.2 Å². The van der Waals surface area contributed by atoms with Crippen molar-refractivity contribution in [3.8, 4) is 0 Å². The van der Waals surface area contributed by atoms with Gasteiger partial charge in [-0.05, 0) is 66.2 Å². The predicted octanol–water partition coefficient (Wildman–Crippen LogP) is 5.76. The van der Waals surface area contributed by atoms with Gasteiger partial charge in [-0.1, -0.05) is 18.2 Å². The number of carbonyl (C=O) groups is 2. The fraction of sp³-hybridized carbons (Fsp3) is 0.333. The molecule has 10 heteroatoms. The van der Waals surface area contributed by atoms with Crippen LogP contribution >= 0.6 is 11.3 Å². The van der Waals surface area contributed by atoms with E-state index in [1.54, 1.807) is 17.0 Å². The Bertz CT molecular complexity index is 1180. The standard InChI is InChI=1S/C27H26F4N2O3S/c28-22-11-5-19(6-12-22)15-32(17-24-4-2-14-37-24)25(34)18-33(16-23-3-1-13-36-23)26(35)20-7-9-21(10-8-20)27(29,30)31/h2,4-12,14,23H,1,3,13,15-18H2. The molecule has 1 aromatic heterocycles. The monoisotopic (exact) mass is 534 g/mol. The Morgan fingerprint density at radius 1 is 0.973 bits per heavy atom. The summed E-state index contributed by atoms with van der Waals surface area (Å²) in [4.78, 5) is 30.7. The molecular formula is C27H26F4N2O3S. The van der Waals surface area contributed by atoms with Crippen molar-refractivity contribution in [3.63, 3.8) is 0 Å². The van der Waals surface area contributed by atoms with E-state index in [1.165, 1.54) is 28.4 Å². The summed E-state index contributed by atoms with van der Waals surface area (Å²) in [7, 11) is 0. The van der Waals surface area contributed by atoms with Crippen LogP contribution in [0.5, 0.6) is 0 Å². The number of ether oxygens (including phenoxy) is 1. The second kappa shape index (κ2) is 11.9. The van der Waals surface area contributed by atoms with Crippen molar-refractivity contribution in [1.82, 2.24) is 9.80 Å². The highest BCUT2D eigenvalue weighted by Gasteiger charge is 2.31. The minimum Gasteiger partial charge on any atom is -0.376 e. The molecule has 2 heterocycles. The maximum atomic E-state index is 13.5. The van der Waals surface area contributed by atoms with Gasteiger partial charge in [-0.15, -0.1) is 11.3 Å². The molecule has 196 valence electrons. The van der Waals surface area contributed by atoms with Gasteiger partial charge in [0.1, 0.15) is 12.4 Å². The molecule has 4 rings (SSSR count). The Morgan fingerprint density at radius 2 is 1.70 bits per heavy atom. The fourth-order valence-corrected chi connectivity index (χ4v) is 4.85. The van der Waals surface area contributed by atoms with Gasteiger partial charge < -0.3 is 14.5 Å². The minimum absolute atomic E-state index is 0.0575. The van der Waals surface area contributed by atoms with E-state index >= 15 is 0 Å². The zero-order valence-corrected chi connectivity index (χ0v) is 20.7. The molecule has 0 radical (unpaired) electrons. The molecule has 1 atom stereocenters. The first-order chi connectivity index (χ1) is 17.7. The molecule has 0 N–H and O–H groups in total. The average molecular weight is 535 g/mol. The van der Waals surface area contributed by atoms with Crippen molar-refractivity contribution >= 4 is 23.2 Å². The Labute approximate surface area is 216 Å². The van der Waals surface area contributed by atoms with E-state index in [0.717, 1.165) is 47.5 Å². The van der Waals surface area contributed by atoms with Gasteiger partial charge >= 0.3 is 6.18 Å². The summed E-state index contributed by atoms with van der Waals surface area (Å²) < 4.78 is 58.0. The van der Waals surface area contributed by atoms with Gasteiger partial charge in [0, 0.05) is 30.1 Å². The summed E-state index contributed by atoms with van der Waals surface area (Å²) in [5.41, 5.74) is -0.0691. The van der Waals surface area contributed by atoms with Crippen molar-refractivity contribution in [2.24, 2.45) is 0 Å². The normalized spacial score (nSPS) is 15.5. The number of halogens is 4. The molecule has 5 nitrogen and oxygen atoms in total. The summed E-state index contributed by atoms with van der Waals surface area (Å²) >= 11 is 1.49. The SMILES string of the molecule is O=C(CN(CC1CCCO1)C(=O)c1ccc(C(F)(F)F)cc1)N(Cc1ccc(F)cc1)Cc1cccs1. The van der Waals surface area contributed by atoms with Crippen LogP contribution in [-0.4, -0.2) is 47.4 Å². The van der Waals surface area contributed by atoms with Gasteiger partial charge in [-0.25, -0.2) is 4.39 Å². The lowest BCUT2D eigenvalue weighted by Crippen LogP contribution is -2.45. The quantitative estimate of drug-likeness (QED) is 0.328. The number of hydrogen-bond donors (Lipinski definition) is 0. The highest BCUT2D eigenvalue weighted by molar-refractivity contribution is 7.09. The van der Waals surface area contributed by atoms with Crippen LogP contribution in [0, 0.1) is 5.82 Å². The molecule has 1 unspecified atom stereocenters. The zero-order chi connectivity index (χ0) is 26.4. The van der Waals surface area contributed by atoms with Crippen LogP contribution in [0.2, 0.25) is 0 Å². The van der Waals surface area contributed by atoms with Crippen molar-refractivity contribution in [2.45, 2.75) is 38.2 Å². The number of nitrogens with zero attached hydrogens (tertiary/aromatic N) is 2. The number of thiophene rings is 1. The van der Waals surface area contributed by atoms with Crippen molar-refractivity contribution < 1.29 is 31.9 Å². The second-order valence-corrected chi connectivity index (χ2v) is 9.88. The third kappa shape index (κ3) is 7.39. The van der Waals surface area contributed by atoms with E-state index in [2.05, 4.69) is 0 Å². The first kappa shape index (κ1) is 26.8. The Kier molecular flexibility index (Phi) is 8.60. The van der Waals surface area contributed by atoms with E-state index in [1.807, 2.05) is 17.5 Å². The van der Waals surface area contributed by atoms with E-state index < -0.39 is 17.6 Å². The summed E-state index contributed by atoms with van der Waals surface area (Å²) in [6, 6.07) is 13.6. The summed E-state index contributed by atoms with van der Waals surface area (Å²) in [5, 5.41) is 1.90. The summed E-state index contributed by atoms with van der Waals surface area (Å²) in [5.74, 6) is -1.27. The third-order valence-electron chi connectivity index (χ3n) is 6.09. The predicted molar refractivity (Wildman–Crippen MR) is 131 cm³/mol. The molecule has 1 fully saturated rings. The van der Waals surface area contributed by atoms with E-state index in [4.69, 9.17) is 4.74 Å². The second-order valence-electron chi connectivity index (χ2n) is 8.85. The summed E-state index contributed by atoms with van der Waals surface area (Å²) in [6.07, 6.45) is -3.22. The number of carbonyl (C=O) groups excluding carboxylic acids is 2. The van der Waals surface area contributed by atoms with Crippen LogP contribution in [0.15, 0.2) is 66.0 Å². The van der Waals surface area contributed by atoms with Gasteiger partial charge in [0.2, 0.25) is 5.91 Å². The molecule has 1 aliphatic rings. The molecule has 1 aliphatic heterocycles. The Balaban J connectivity index is 1.55. The maximum absolute atomic E-state index is 13.5. The van der Waals surface area contributed by atoms with Gasteiger partial charge in [0.05, 0.1) is 18.2 Å². The summed E-state index contributed by atoms with van der Waals surface area (Å²) in [6.45, 7) is 0.937. The molecule has 1 saturated heterocycles. The molecular weight excluding hydrogens is 508 g/mol. The molecule has 0 spiro atoms. The number of benzene rings is 2. The van der Waals surface area contributed by atoms with E-state index in [-0.39, 0.29) is 43.0 Å². The van der Waals surface area contributed by atoms with Crippen LogP contribution < -0.4 is 0 Å². The Hall–Kier alpha value is -3.24. The van der Waals surface area contributed by atoms with Crippen LogP contribution in [0.1, 0.15) is 39.2 Å². The largest absolute Gasteiger partial charge is 0.416 e. The van der Waals surface area contributed by atoms with Gasteiger partial charge in [0.25, 0.3) is 5.91 Å². The van der Waals surface area contributed by atoms with Crippen LogP contribution in [-0.2, 0) is 28.8 Å². The minimum atomic E-state index is -4.52. The topological polar surface area (TPSA) is 49.9 Å². The molecule has 2 amide bonds. The third-order valence-corrected chi connectivity index (χ3v) is 6.95. The number of alkyl halides is 3. The van der Waals surface area contributed by atoms with Crippen molar-refractivity contribution in [1.29, 1.82) is 0 Å². The van der Waals surface area contributed by atoms with Crippen LogP contribution in [0.25, 0.3) is 0 Å². The lowest BCUT2D eigenvalue weighted by atomic mass is 10.1. The zero-order valence-electron chi connectivity index (χ0n) is 19.9. The lowest BCUT2D eigenvalue weighted by molar-refractivity contribution is -0.137. The molecule has 0 saturated carbocycles. The van der Waals surface area contributed by atoms with Crippen LogP contribution in [0.4, 0.5) is 17.6 Å². The molecule has 3 aromatic rings. The van der Waals surface area contributed by atoms with Crippen molar-refractivity contribution in [2.75, 3.05) is 19.7 Å².